The quantitative estimate of drug-likeness (QED) is 0.758. The van der Waals surface area contributed by atoms with E-state index in [2.05, 4.69) is 55.6 Å². The molecule has 2 nitrogen and oxygen atoms in total. The minimum atomic E-state index is 0.621. The predicted octanol–water partition coefficient (Wildman–Crippen LogP) is 5.18. The number of hydrogen-bond acceptors (Lipinski definition) is 2. The molecule has 3 atom stereocenters. The summed E-state index contributed by atoms with van der Waals surface area (Å²) in [5.41, 5.74) is 2.53. The molecule has 2 aromatic rings. The summed E-state index contributed by atoms with van der Waals surface area (Å²) in [7, 11) is 0. The maximum Gasteiger partial charge on any atom is 0.119 e. The topological polar surface area (TPSA) is 21.3 Å². The van der Waals surface area contributed by atoms with E-state index in [9.17, 15) is 0 Å². The molecule has 0 heterocycles. The Hall–Kier alpha value is -1.80. The molecule has 0 aliphatic heterocycles. The minimum absolute atomic E-state index is 0.621. The predicted molar refractivity (Wildman–Crippen MR) is 100 cm³/mol. The van der Waals surface area contributed by atoms with Crippen molar-refractivity contribution in [1.82, 2.24) is 5.32 Å². The summed E-state index contributed by atoms with van der Waals surface area (Å²) >= 11 is 0. The molecule has 128 valence electrons. The Labute approximate surface area is 146 Å². The maximum absolute atomic E-state index is 5.85. The molecule has 1 aliphatic carbocycles. The van der Waals surface area contributed by atoms with Crippen LogP contribution in [-0.2, 0) is 13.2 Å². The SMILES string of the molecule is CCC1CCC(NCc2ccc(OCc3ccccc3)cc2)C1C. The molecule has 1 aliphatic rings. The van der Waals surface area contributed by atoms with Crippen LogP contribution in [0.4, 0.5) is 0 Å². The van der Waals surface area contributed by atoms with Crippen LogP contribution in [-0.4, -0.2) is 6.04 Å². The second-order valence-electron chi connectivity index (χ2n) is 7.01. The van der Waals surface area contributed by atoms with Crippen molar-refractivity contribution >= 4 is 0 Å². The van der Waals surface area contributed by atoms with Gasteiger partial charge in [-0.05, 0) is 47.9 Å². The third kappa shape index (κ3) is 4.39. The van der Waals surface area contributed by atoms with E-state index in [1.807, 2.05) is 18.2 Å². The largest absolute Gasteiger partial charge is 0.489 e. The third-order valence-corrected chi connectivity index (χ3v) is 5.49. The molecule has 2 aromatic carbocycles. The highest BCUT2D eigenvalue weighted by Gasteiger charge is 2.30. The van der Waals surface area contributed by atoms with Crippen LogP contribution in [0.25, 0.3) is 0 Å². The lowest BCUT2D eigenvalue weighted by molar-refractivity contribution is 0.306. The van der Waals surface area contributed by atoms with E-state index >= 15 is 0 Å². The van der Waals surface area contributed by atoms with Gasteiger partial charge in [0.1, 0.15) is 12.4 Å². The van der Waals surface area contributed by atoms with Gasteiger partial charge in [0, 0.05) is 12.6 Å². The highest BCUT2D eigenvalue weighted by atomic mass is 16.5. The van der Waals surface area contributed by atoms with Crippen LogP contribution in [0.5, 0.6) is 5.75 Å². The van der Waals surface area contributed by atoms with Crippen LogP contribution >= 0.6 is 0 Å². The Morgan fingerprint density at radius 1 is 0.958 bits per heavy atom. The van der Waals surface area contributed by atoms with Crippen molar-refractivity contribution < 1.29 is 4.74 Å². The summed E-state index contributed by atoms with van der Waals surface area (Å²) in [6.07, 6.45) is 4.01. The molecule has 3 unspecified atom stereocenters. The normalized spacial score (nSPS) is 23.3. The number of nitrogens with one attached hydrogen (secondary N) is 1. The lowest BCUT2D eigenvalue weighted by atomic mass is 9.93. The second-order valence-corrected chi connectivity index (χ2v) is 7.01. The fourth-order valence-corrected chi connectivity index (χ4v) is 3.81. The van der Waals surface area contributed by atoms with Gasteiger partial charge in [-0.1, -0.05) is 62.7 Å². The molecular weight excluding hydrogens is 294 g/mol. The maximum atomic E-state index is 5.85. The first-order valence-corrected chi connectivity index (χ1v) is 9.25. The summed E-state index contributed by atoms with van der Waals surface area (Å²) in [4.78, 5) is 0. The Kier molecular flexibility index (Phi) is 5.92. The van der Waals surface area contributed by atoms with E-state index in [4.69, 9.17) is 4.74 Å². The Bertz CT molecular complexity index is 608. The van der Waals surface area contributed by atoms with E-state index in [-0.39, 0.29) is 0 Å². The fraction of sp³-hybridized carbons (Fsp3) is 0.455. The van der Waals surface area contributed by atoms with E-state index < -0.39 is 0 Å². The molecule has 24 heavy (non-hydrogen) atoms. The minimum Gasteiger partial charge on any atom is -0.489 e. The summed E-state index contributed by atoms with van der Waals surface area (Å²) in [6.45, 7) is 6.29. The van der Waals surface area contributed by atoms with Crippen molar-refractivity contribution in [2.75, 3.05) is 0 Å². The van der Waals surface area contributed by atoms with Gasteiger partial charge in [-0.2, -0.15) is 0 Å². The van der Waals surface area contributed by atoms with E-state index in [0.717, 1.165) is 24.1 Å². The number of hydrogen-bond donors (Lipinski definition) is 1. The molecule has 0 bridgehead atoms. The zero-order chi connectivity index (χ0) is 16.8. The number of rotatable bonds is 7. The zero-order valence-electron chi connectivity index (χ0n) is 14.9. The van der Waals surface area contributed by atoms with Crippen LogP contribution in [0.15, 0.2) is 54.6 Å². The highest BCUT2D eigenvalue weighted by molar-refractivity contribution is 5.27. The first-order chi connectivity index (χ1) is 11.8. The number of ether oxygens (including phenoxy) is 1. The van der Waals surface area contributed by atoms with Crippen LogP contribution < -0.4 is 10.1 Å². The summed E-state index contributed by atoms with van der Waals surface area (Å²) in [5, 5.41) is 3.75. The molecule has 0 aromatic heterocycles. The van der Waals surface area contributed by atoms with Crippen LogP contribution in [0.3, 0.4) is 0 Å². The second kappa shape index (κ2) is 8.34. The van der Waals surface area contributed by atoms with Crippen molar-refractivity contribution in [2.45, 2.75) is 52.3 Å². The monoisotopic (exact) mass is 323 g/mol. The lowest BCUT2D eigenvalue weighted by Crippen LogP contribution is -2.32. The van der Waals surface area contributed by atoms with Gasteiger partial charge in [0.2, 0.25) is 0 Å². The van der Waals surface area contributed by atoms with Gasteiger partial charge >= 0.3 is 0 Å². The Morgan fingerprint density at radius 2 is 1.71 bits per heavy atom. The average molecular weight is 323 g/mol. The first kappa shape index (κ1) is 17.0. The molecule has 0 saturated heterocycles. The van der Waals surface area contributed by atoms with E-state index in [1.54, 1.807) is 0 Å². The number of benzene rings is 2. The van der Waals surface area contributed by atoms with E-state index in [0.29, 0.717) is 12.6 Å². The first-order valence-electron chi connectivity index (χ1n) is 9.25. The van der Waals surface area contributed by atoms with Crippen molar-refractivity contribution in [3.8, 4) is 5.75 Å². The molecule has 1 N–H and O–H groups in total. The van der Waals surface area contributed by atoms with E-state index in [1.165, 1.54) is 30.4 Å². The molecule has 0 radical (unpaired) electrons. The Balaban J connectivity index is 1.46. The Morgan fingerprint density at radius 3 is 2.38 bits per heavy atom. The van der Waals surface area contributed by atoms with Crippen molar-refractivity contribution in [3.05, 3.63) is 65.7 Å². The molecule has 0 spiro atoms. The summed E-state index contributed by atoms with van der Waals surface area (Å²) in [6, 6.07) is 19.5. The van der Waals surface area contributed by atoms with Gasteiger partial charge in [-0.25, -0.2) is 0 Å². The molecule has 2 heteroatoms. The van der Waals surface area contributed by atoms with Gasteiger partial charge in [0.15, 0.2) is 0 Å². The lowest BCUT2D eigenvalue weighted by Gasteiger charge is -2.21. The third-order valence-electron chi connectivity index (χ3n) is 5.49. The molecule has 3 rings (SSSR count). The molecule has 1 fully saturated rings. The smallest absolute Gasteiger partial charge is 0.119 e. The van der Waals surface area contributed by atoms with Gasteiger partial charge < -0.3 is 10.1 Å². The van der Waals surface area contributed by atoms with Crippen LogP contribution in [0.1, 0.15) is 44.2 Å². The standard InChI is InChI=1S/C22H29NO/c1-3-20-11-14-22(17(20)2)23-15-18-9-12-21(13-10-18)24-16-19-7-5-4-6-8-19/h4-10,12-13,17,20,22-23H,3,11,14-16H2,1-2H3. The summed E-state index contributed by atoms with van der Waals surface area (Å²) < 4.78 is 5.85. The van der Waals surface area contributed by atoms with Crippen molar-refractivity contribution in [1.29, 1.82) is 0 Å². The van der Waals surface area contributed by atoms with Crippen LogP contribution in [0, 0.1) is 11.8 Å². The molecule has 1 saturated carbocycles. The zero-order valence-corrected chi connectivity index (χ0v) is 14.9. The van der Waals surface area contributed by atoms with Gasteiger partial charge in [-0.3, -0.25) is 0 Å². The van der Waals surface area contributed by atoms with Crippen LogP contribution in [0.2, 0.25) is 0 Å². The van der Waals surface area contributed by atoms with Crippen molar-refractivity contribution in [3.63, 3.8) is 0 Å². The van der Waals surface area contributed by atoms with Crippen molar-refractivity contribution in [2.24, 2.45) is 11.8 Å². The van der Waals surface area contributed by atoms with Gasteiger partial charge in [0.05, 0.1) is 0 Å². The highest BCUT2D eigenvalue weighted by Crippen LogP contribution is 2.34. The molecule has 0 amide bonds. The van der Waals surface area contributed by atoms with Gasteiger partial charge in [-0.15, -0.1) is 0 Å². The fourth-order valence-electron chi connectivity index (χ4n) is 3.81. The average Bonchev–Trinajstić information content (AvgIpc) is 3.00. The molecular formula is C22H29NO. The van der Waals surface area contributed by atoms with Gasteiger partial charge in [0.25, 0.3) is 0 Å². The summed E-state index contributed by atoms with van der Waals surface area (Å²) in [5.74, 6) is 2.63.